The van der Waals surface area contributed by atoms with Crippen LogP contribution in [-0.2, 0) is 0 Å². The Hall–Kier alpha value is -2.47. The maximum absolute atomic E-state index is 12.3. The van der Waals surface area contributed by atoms with Crippen LogP contribution >= 0.6 is 11.3 Å². The smallest absolute Gasteiger partial charge is 0.267 e. The largest absolute Gasteiger partial charge is 0.397 e. The van der Waals surface area contributed by atoms with Crippen LogP contribution in [0.2, 0.25) is 0 Å². The predicted octanol–water partition coefficient (Wildman–Crippen LogP) is 2.83. The Morgan fingerprint density at radius 3 is 2.90 bits per heavy atom. The number of fused-ring (bicyclic) bond motifs is 1. The highest BCUT2D eigenvalue weighted by Gasteiger charge is 2.18. The Labute approximate surface area is 119 Å². The van der Waals surface area contributed by atoms with Crippen LogP contribution in [0.5, 0.6) is 0 Å². The topological polar surface area (TPSA) is 80.9 Å². The second-order valence-electron chi connectivity index (χ2n) is 4.35. The van der Waals surface area contributed by atoms with Gasteiger partial charge in [-0.05, 0) is 30.7 Å². The van der Waals surface area contributed by atoms with Crippen LogP contribution in [0.15, 0.2) is 36.8 Å². The van der Waals surface area contributed by atoms with Crippen molar-refractivity contribution in [1.29, 1.82) is 0 Å². The van der Waals surface area contributed by atoms with Crippen molar-refractivity contribution in [2.45, 2.75) is 6.92 Å². The molecule has 5 nitrogen and oxygen atoms in total. The van der Waals surface area contributed by atoms with Crippen molar-refractivity contribution in [2.24, 2.45) is 0 Å². The van der Waals surface area contributed by atoms with Gasteiger partial charge in [0.05, 0.1) is 17.6 Å². The third-order valence-corrected chi connectivity index (χ3v) is 4.08. The summed E-state index contributed by atoms with van der Waals surface area (Å²) in [6.45, 7) is 1.95. The first kappa shape index (κ1) is 12.6. The van der Waals surface area contributed by atoms with Crippen LogP contribution in [-0.4, -0.2) is 15.9 Å². The first-order chi connectivity index (χ1) is 9.66. The summed E-state index contributed by atoms with van der Waals surface area (Å²) < 4.78 is 0. The van der Waals surface area contributed by atoms with Crippen molar-refractivity contribution in [1.82, 2.24) is 9.97 Å². The van der Waals surface area contributed by atoms with Crippen molar-refractivity contribution in [3.63, 3.8) is 0 Å². The molecule has 3 aromatic heterocycles. The van der Waals surface area contributed by atoms with E-state index in [1.165, 1.54) is 11.3 Å². The number of aromatic nitrogens is 2. The molecule has 20 heavy (non-hydrogen) atoms. The number of carbonyl (C=O) groups excluding carboxylic acids is 1. The molecule has 0 saturated heterocycles. The van der Waals surface area contributed by atoms with E-state index in [9.17, 15) is 4.79 Å². The van der Waals surface area contributed by atoms with Crippen molar-refractivity contribution >= 4 is 38.8 Å². The Kier molecular flexibility index (Phi) is 3.08. The van der Waals surface area contributed by atoms with E-state index in [1.807, 2.05) is 13.0 Å². The van der Waals surface area contributed by atoms with E-state index in [1.54, 1.807) is 30.7 Å². The Morgan fingerprint density at radius 2 is 2.20 bits per heavy atom. The van der Waals surface area contributed by atoms with Gasteiger partial charge in [0.15, 0.2) is 0 Å². The maximum atomic E-state index is 12.3. The van der Waals surface area contributed by atoms with Gasteiger partial charge in [0, 0.05) is 17.8 Å². The zero-order valence-electron chi connectivity index (χ0n) is 10.8. The normalized spacial score (nSPS) is 10.7. The number of nitrogens with zero attached hydrogens (tertiary/aromatic N) is 2. The highest BCUT2D eigenvalue weighted by molar-refractivity contribution is 7.21. The van der Waals surface area contributed by atoms with E-state index < -0.39 is 0 Å². The molecule has 100 valence electrons. The summed E-state index contributed by atoms with van der Waals surface area (Å²) in [6.07, 6.45) is 4.96. The monoisotopic (exact) mass is 284 g/mol. The zero-order valence-corrected chi connectivity index (χ0v) is 11.6. The fourth-order valence-corrected chi connectivity index (χ4v) is 3.03. The minimum Gasteiger partial charge on any atom is -0.397 e. The minimum absolute atomic E-state index is 0.238. The fourth-order valence-electron chi connectivity index (χ4n) is 2.00. The lowest BCUT2D eigenvalue weighted by Crippen LogP contribution is -2.12. The van der Waals surface area contributed by atoms with E-state index in [4.69, 9.17) is 5.73 Å². The molecule has 0 spiro atoms. The number of rotatable bonds is 2. The summed E-state index contributed by atoms with van der Waals surface area (Å²) in [5.41, 5.74) is 8.23. The molecule has 1 amide bonds. The summed E-state index contributed by atoms with van der Waals surface area (Å²) in [5.74, 6) is -0.238. The number of nitrogens with two attached hydrogens (primary N) is 1. The van der Waals surface area contributed by atoms with Gasteiger partial charge in [-0.2, -0.15) is 0 Å². The van der Waals surface area contributed by atoms with Crippen molar-refractivity contribution in [3.05, 3.63) is 47.2 Å². The average Bonchev–Trinajstić information content (AvgIpc) is 2.79. The molecule has 0 saturated carbocycles. The molecule has 6 heteroatoms. The molecule has 0 atom stereocenters. The van der Waals surface area contributed by atoms with Crippen molar-refractivity contribution < 1.29 is 4.79 Å². The van der Waals surface area contributed by atoms with Gasteiger partial charge in [0.2, 0.25) is 0 Å². The highest BCUT2D eigenvalue weighted by atomic mass is 32.1. The molecule has 3 aromatic rings. The van der Waals surface area contributed by atoms with Gasteiger partial charge >= 0.3 is 0 Å². The SMILES string of the molecule is Cc1ccnc2sc(C(=O)Nc3cccnc3)c(N)c12. The summed E-state index contributed by atoms with van der Waals surface area (Å²) in [5, 5.41) is 3.64. The van der Waals surface area contributed by atoms with Crippen LogP contribution in [0.4, 0.5) is 11.4 Å². The molecule has 3 rings (SSSR count). The van der Waals surface area contributed by atoms with Gasteiger partial charge in [-0.15, -0.1) is 11.3 Å². The second-order valence-corrected chi connectivity index (χ2v) is 5.35. The van der Waals surface area contributed by atoms with Gasteiger partial charge in [-0.25, -0.2) is 4.98 Å². The molecule has 3 N–H and O–H groups in total. The summed E-state index contributed by atoms with van der Waals surface area (Å²) in [7, 11) is 0. The number of thiophene rings is 1. The lowest BCUT2D eigenvalue weighted by Gasteiger charge is -2.03. The van der Waals surface area contributed by atoms with Gasteiger partial charge in [-0.1, -0.05) is 0 Å². The summed E-state index contributed by atoms with van der Waals surface area (Å²) in [4.78, 5) is 21.7. The molecule has 0 aliphatic rings. The number of carbonyl (C=O) groups is 1. The molecule has 0 radical (unpaired) electrons. The van der Waals surface area contributed by atoms with Crippen molar-refractivity contribution in [3.8, 4) is 0 Å². The summed E-state index contributed by atoms with van der Waals surface area (Å²) in [6, 6.07) is 5.42. The number of anilines is 2. The molecular formula is C14H12N4OS. The number of hydrogen-bond donors (Lipinski definition) is 2. The molecule has 0 aliphatic heterocycles. The first-order valence-electron chi connectivity index (χ1n) is 6.02. The number of aryl methyl sites for hydroxylation is 1. The molecule has 0 unspecified atom stereocenters. The van der Waals surface area contributed by atoms with E-state index >= 15 is 0 Å². The maximum Gasteiger partial charge on any atom is 0.267 e. The van der Waals surface area contributed by atoms with Gasteiger partial charge < -0.3 is 11.1 Å². The molecule has 0 bridgehead atoms. The number of amides is 1. The number of pyridine rings is 2. The third-order valence-electron chi connectivity index (χ3n) is 2.96. The second kappa shape index (κ2) is 4.90. The third kappa shape index (κ3) is 2.10. The van der Waals surface area contributed by atoms with Crippen LogP contribution in [0, 0.1) is 6.92 Å². The Morgan fingerprint density at radius 1 is 1.35 bits per heavy atom. The zero-order chi connectivity index (χ0) is 14.1. The molecule has 0 aromatic carbocycles. The van der Waals surface area contributed by atoms with Crippen LogP contribution in [0.1, 0.15) is 15.2 Å². The van der Waals surface area contributed by atoms with Crippen molar-refractivity contribution in [2.75, 3.05) is 11.1 Å². The van der Waals surface area contributed by atoms with Crippen LogP contribution in [0.25, 0.3) is 10.2 Å². The number of nitrogens with one attached hydrogen (secondary N) is 1. The van der Waals surface area contributed by atoms with Crippen LogP contribution in [0.3, 0.4) is 0 Å². The van der Waals surface area contributed by atoms with Gasteiger partial charge in [-0.3, -0.25) is 9.78 Å². The lowest BCUT2D eigenvalue weighted by atomic mass is 10.2. The summed E-state index contributed by atoms with van der Waals surface area (Å²) >= 11 is 1.30. The Bertz CT molecular complexity index is 782. The van der Waals surface area contributed by atoms with E-state index in [0.29, 0.717) is 16.3 Å². The quantitative estimate of drug-likeness (QED) is 0.758. The van der Waals surface area contributed by atoms with Crippen LogP contribution < -0.4 is 11.1 Å². The minimum atomic E-state index is -0.238. The average molecular weight is 284 g/mol. The first-order valence-corrected chi connectivity index (χ1v) is 6.83. The number of nitrogen functional groups attached to an aromatic ring is 1. The molecule has 0 fully saturated rings. The standard InChI is InChI=1S/C14H12N4OS/c1-8-4-6-17-14-10(8)11(15)12(20-14)13(19)18-9-3-2-5-16-7-9/h2-7H,15H2,1H3,(H,18,19). The fraction of sp³-hybridized carbons (Fsp3) is 0.0714. The molecular weight excluding hydrogens is 272 g/mol. The molecule has 0 aliphatic carbocycles. The van der Waals surface area contributed by atoms with Gasteiger partial charge in [0.25, 0.3) is 5.91 Å². The predicted molar refractivity (Wildman–Crippen MR) is 81.0 cm³/mol. The van der Waals surface area contributed by atoms with Gasteiger partial charge in [0.1, 0.15) is 9.71 Å². The Balaban J connectivity index is 2.00. The molecule has 3 heterocycles. The van der Waals surface area contributed by atoms with E-state index in [2.05, 4.69) is 15.3 Å². The lowest BCUT2D eigenvalue weighted by molar-refractivity contribution is 0.103. The number of hydrogen-bond acceptors (Lipinski definition) is 5. The highest BCUT2D eigenvalue weighted by Crippen LogP contribution is 2.34. The van der Waals surface area contributed by atoms with E-state index in [0.717, 1.165) is 15.8 Å². The van der Waals surface area contributed by atoms with E-state index in [-0.39, 0.29) is 5.91 Å².